The minimum Gasteiger partial charge on any atom is -0.385 e. The number of benzene rings is 1. The van der Waals surface area contributed by atoms with Gasteiger partial charge in [0.15, 0.2) is 0 Å². The van der Waals surface area contributed by atoms with Gasteiger partial charge in [-0.15, -0.1) is 0 Å². The predicted octanol–water partition coefficient (Wildman–Crippen LogP) is 1.86. The number of methoxy groups -OCH3 is 1. The van der Waals surface area contributed by atoms with Crippen LogP contribution in [0.4, 0.5) is 5.69 Å². The second kappa shape index (κ2) is 9.08. The molecule has 0 aliphatic heterocycles. The van der Waals surface area contributed by atoms with E-state index in [4.69, 9.17) is 10.00 Å². The van der Waals surface area contributed by atoms with Crippen molar-refractivity contribution >= 4 is 11.6 Å². The lowest BCUT2D eigenvalue weighted by molar-refractivity contribution is -0.116. The highest BCUT2D eigenvalue weighted by Crippen LogP contribution is 2.09. The fourth-order valence-corrected chi connectivity index (χ4v) is 1.73. The van der Waals surface area contributed by atoms with Gasteiger partial charge in [-0.25, -0.2) is 0 Å². The first-order valence-corrected chi connectivity index (χ1v) is 6.63. The summed E-state index contributed by atoms with van der Waals surface area (Å²) in [5, 5.41) is 11.5. The third-order valence-corrected chi connectivity index (χ3v) is 2.91. The van der Waals surface area contributed by atoms with Crippen LogP contribution in [0.15, 0.2) is 24.3 Å². The number of anilines is 1. The Bertz CT molecular complexity index is 451. The molecule has 1 aromatic carbocycles. The van der Waals surface area contributed by atoms with Crippen LogP contribution in [0.5, 0.6) is 0 Å². The van der Waals surface area contributed by atoms with Crippen molar-refractivity contribution in [3.8, 4) is 6.07 Å². The van der Waals surface area contributed by atoms with E-state index in [0.717, 1.165) is 25.3 Å². The number of nitriles is 1. The van der Waals surface area contributed by atoms with Crippen molar-refractivity contribution in [1.82, 2.24) is 4.90 Å². The van der Waals surface area contributed by atoms with Crippen molar-refractivity contribution in [3.05, 3.63) is 29.8 Å². The predicted molar refractivity (Wildman–Crippen MR) is 78.4 cm³/mol. The number of carbonyl (C=O) groups is 1. The topological polar surface area (TPSA) is 65.4 Å². The zero-order valence-electron chi connectivity index (χ0n) is 12.1. The van der Waals surface area contributed by atoms with Gasteiger partial charge in [0.25, 0.3) is 0 Å². The standard InChI is InChI=1S/C15H21N3O2/c1-18(9-3-11-20-2)10-8-15(19)17-14-6-4-13(12-16)5-7-14/h4-7H,3,8-11H2,1-2H3,(H,17,19). The zero-order chi connectivity index (χ0) is 14.8. The molecule has 0 unspecified atom stereocenters. The van der Waals surface area contributed by atoms with Gasteiger partial charge in [0, 0.05) is 38.9 Å². The SMILES string of the molecule is COCCCN(C)CCC(=O)Nc1ccc(C#N)cc1. The first-order chi connectivity index (χ1) is 9.65. The second-order valence-corrected chi connectivity index (χ2v) is 4.64. The molecule has 0 saturated carbocycles. The highest BCUT2D eigenvalue weighted by atomic mass is 16.5. The van der Waals surface area contributed by atoms with Gasteiger partial charge in [0.2, 0.25) is 5.91 Å². The summed E-state index contributed by atoms with van der Waals surface area (Å²) in [6.45, 7) is 2.37. The molecule has 1 amide bonds. The summed E-state index contributed by atoms with van der Waals surface area (Å²) in [5.74, 6) is -0.0201. The molecule has 108 valence electrons. The van der Waals surface area contributed by atoms with Crippen LogP contribution in [0.1, 0.15) is 18.4 Å². The Morgan fingerprint density at radius 1 is 1.35 bits per heavy atom. The van der Waals surface area contributed by atoms with Gasteiger partial charge in [-0.2, -0.15) is 5.26 Å². The summed E-state index contributed by atoms with van der Waals surface area (Å²) in [6.07, 6.45) is 1.41. The monoisotopic (exact) mass is 275 g/mol. The lowest BCUT2D eigenvalue weighted by Gasteiger charge is -2.15. The molecule has 20 heavy (non-hydrogen) atoms. The molecule has 1 rings (SSSR count). The average molecular weight is 275 g/mol. The van der Waals surface area contributed by atoms with E-state index in [1.807, 2.05) is 13.1 Å². The molecule has 1 N–H and O–H groups in total. The van der Waals surface area contributed by atoms with Crippen molar-refractivity contribution in [3.63, 3.8) is 0 Å². The molecule has 0 atom stereocenters. The maximum absolute atomic E-state index is 11.8. The number of ether oxygens (including phenoxy) is 1. The molecule has 5 nitrogen and oxygen atoms in total. The molecular formula is C15H21N3O2. The number of hydrogen-bond acceptors (Lipinski definition) is 4. The molecule has 0 aliphatic rings. The number of nitrogens with one attached hydrogen (secondary N) is 1. The Balaban J connectivity index is 2.27. The molecule has 1 aromatic rings. The lowest BCUT2D eigenvalue weighted by atomic mass is 10.2. The van der Waals surface area contributed by atoms with Crippen molar-refractivity contribution < 1.29 is 9.53 Å². The highest BCUT2D eigenvalue weighted by molar-refractivity contribution is 5.90. The fourth-order valence-electron chi connectivity index (χ4n) is 1.73. The quantitative estimate of drug-likeness (QED) is 0.735. The Kier molecular flexibility index (Phi) is 7.33. The normalized spacial score (nSPS) is 10.3. The van der Waals surface area contributed by atoms with Gasteiger partial charge in [0.1, 0.15) is 0 Å². The third kappa shape index (κ3) is 6.32. The maximum atomic E-state index is 11.8. The average Bonchev–Trinajstić information content (AvgIpc) is 2.46. The summed E-state index contributed by atoms with van der Waals surface area (Å²) in [4.78, 5) is 13.9. The Labute approximate surface area is 120 Å². The van der Waals surface area contributed by atoms with E-state index in [9.17, 15) is 4.79 Å². The molecule has 5 heteroatoms. The molecule has 0 saturated heterocycles. The molecule has 0 bridgehead atoms. The van der Waals surface area contributed by atoms with Gasteiger partial charge in [-0.1, -0.05) is 0 Å². The van der Waals surface area contributed by atoms with E-state index in [2.05, 4.69) is 10.2 Å². The lowest BCUT2D eigenvalue weighted by Crippen LogP contribution is -2.25. The first kappa shape index (κ1) is 16.2. The van der Waals surface area contributed by atoms with Crippen molar-refractivity contribution in [2.75, 3.05) is 39.2 Å². The van der Waals surface area contributed by atoms with Crippen LogP contribution >= 0.6 is 0 Å². The van der Waals surface area contributed by atoms with E-state index < -0.39 is 0 Å². The van der Waals surface area contributed by atoms with E-state index in [1.165, 1.54) is 0 Å². The number of hydrogen-bond donors (Lipinski definition) is 1. The van der Waals surface area contributed by atoms with Gasteiger partial charge in [0.05, 0.1) is 11.6 Å². The number of amides is 1. The Morgan fingerprint density at radius 3 is 2.65 bits per heavy atom. The van der Waals surface area contributed by atoms with Crippen LogP contribution in [0.2, 0.25) is 0 Å². The van der Waals surface area contributed by atoms with Gasteiger partial charge in [-0.05, 0) is 37.7 Å². The Morgan fingerprint density at radius 2 is 2.05 bits per heavy atom. The molecule has 0 aliphatic carbocycles. The van der Waals surface area contributed by atoms with E-state index >= 15 is 0 Å². The van der Waals surface area contributed by atoms with Gasteiger partial charge < -0.3 is 15.0 Å². The summed E-state index contributed by atoms with van der Waals surface area (Å²) in [5.41, 5.74) is 1.30. The molecule has 0 aromatic heterocycles. The number of rotatable bonds is 8. The summed E-state index contributed by atoms with van der Waals surface area (Å²) in [7, 11) is 3.68. The van der Waals surface area contributed by atoms with Crippen LogP contribution in [0.3, 0.4) is 0 Å². The van der Waals surface area contributed by atoms with Gasteiger partial charge >= 0.3 is 0 Å². The minimum absolute atomic E-state index is 0.0201. The maximum Gasteiger partial charge on any atom is 0.225 e. The Hall–Kier alpha value is -1.90. The summed E-state index contributed by atoms with van der Waals surface area (Å²) in [6, 6.07) is 8.89. The first-order valence-electron chi connectivity index (χ1n) is 6.63. The number of nitrogens with zero attached hydrogens (tertiary/aromatic N) is 2. The van der Waals surface area contributed by atoms with Crippen molar-refractivity contribution in [2.24, 2.45) is 0 Å². The smallest absolute Gasteiger partial charge is 0.225 e. The van der Waals surface area contributed by atoms with E-state index in [1.54, 1.807) is 31.4 Å². The van der Waals surface area contributed by atoms with Crippen molar-refractivity contribution in [1.29, 1.82) is 5.26 Å². The molecule has 0 fully saturated rings. The fraction of sp³-hybridized carbons (Fsp3) is 0.467. The van der Waals surface area contributed by atoms with Crippen LogP contribution in [-0.2, 0) is 9.53 Å². The second-order valence-electron chi connectivity index (χ2n) is 4.64. The number of carbonyl (C=O) groups excluding carboxylic acids is 1. The van der Waals surface area contributed by atoms with Crippen LogP contribution in [0.25, 0.3) is 0 Å². The van der Waals surface area contributed by atoms with Crippen LogP contribution < -0.4 is 5.32 Å². The van der Waals surface area contributed by atoms with Crippen LogP contribution in [0, 0.1) is 11.3 Å². The molecular weight excluding hydrogens is 254 g/mol. The van der Waals surface area contributed by atoms with E-state index in [-0.39, 0.29) is 5.91 Å². The highest BCUT2D eigenvalue weighted by Gasteiger charge is 2.05. The van der Waals surface area contributed by atoms with Crippen LogP contribution in [-0.4, -0.2) is 44.7 Å². The minimum atomic E-state index is -0.0201. The van der Waals surface area contributed by atoms with E-state index in [0.29, 0.717) is 18.5 Å². The van der Waals surface area contributed by atoms with Gasteiger partial charge in [-0.3, -0.25) is 4.79 Å². The summed E-state index contributed by atoms with van der Waals surface area (Å²) >= 11 is 0. The molecule has 0 heterocycles. The summed E-state index contributed by atoms with van der Waals surface area (Å²) < 4.78 is 4.99. The molecule has 0 radical (unpaired) electrons. The zero-order valence-corrected chi connectivity index (χ0v) is 12.1. The largest absolute Gasteiger partial charge is 0.385 e. The molecule has 0 spiro atoms. The van der Waals surface area contributed by atoms with Crippen molar-refractivity contribution in [2.45, 2.75) is 12.8 Å². The third-order valence-electron chi connectivity index (χ3n) is 2.91.